The minimum atomic E-state index is -0.346. The first-order valence-electron chi connectivity index (χ1n) is 14.1. The van der Waals surface area contributed by atoms with Crippen LogP contribution in [0.25, 0.3) is 28.3 Å². The molecule has 0 unspecified atom stereocenters. The zero-order chi connectivity index (χ0) is 31.1. The fraction of sp³-hybridized carbons (Fsp3) is 0.0270. The minimum Gasteiger partial charge on any atom is -0.664 e. The Morgan fingerprint density at radius 3 is 1.43 bits per heavy atom. The van der Waals surface area contributed by atoms with Crippen molar-refractivity contribution in [3.05, 3.63) is 175 Å². The molecule has 1 aliphatic heterocycles. The van der Waals surface area contributed by atoms with E-state index in [1.165, 1.54) is 7.11 Å². The number of methoxy groups -OCH3 is 1. The molecule has 0 saturated heterocycles. The van der Waals surface area contributed by atoms with Gasteiger partial charge < -0.3 is 9.72 Å². The molecule has 0 saturated carbocycles. The molecule has 5 aromatic heterocycles. The molecule has 46 heavy (non-hydrogen) atoms. The second-order valence-electron chi connectivity index (χ2n) is 9.35. The predicted molar refractivity (Wildman–Crippen MR) is 176 cm³/mol. The van der Waals surface area contributed by atoms with Gasteiger partial charge in [-0.2, -0.15) is 6.20 Å². The fourth-order valence-corrected chi connectivity index (χ4v) is 4.27. The molecule has 0 bridgehead atoms. The summed E-state index contributed by atoms with van der Waals surface area (Å²) in [6.07, 6.45) is 14.4. The third-order valence-electron chi connectivity index (χ3n) is 6.40. The van der Waals surface area contributed by atoms with E-state index in [1.807, 2.05) is 109 Å². The zero-order valence-electron chi connectivity index (χ0n) is 24.9. The van der Waals surface area contributed by atoms with Crippen molar-refractivity contribution in [3.63, 3.8) is 0 Å². The van der Waals surface area contributed by atoms with E-state index in [2.05, 4.69) is 29.9 Å². The molecule has 0 radical (unpaired) electrons. The van der Waals surface area contributed by atoms with E-state index in [-0.39, 0.29) is 25.4 Å². The van der Waals surface area contributed by atoms with Crippen molar-refractivity contribution in [1.29, 1.82) is 0 Å². The van der Waals surface area contributed by atoms with Gasteiger partial charge in [-0.15, -0.1) is 5.69 Å². The van der Waals surface area contributed by atoms with Crippen molar-refractivity contribution >= 4 is 17.8 Å². The Balaban J connectivity index is 0.000000165. The van der Waals surface area contributed by atoms with Gasteiger partial charge in [-0.1, -0.05) is 48.5 Å². The van der Waals surface area contributed by atoms with Gasteiger partial charge in [-0.05, 0) is 84.0 Å². The molecule has 6 heterocycles. The number of esters is 1. The van der Waals surface area contributed by atoms with Crippen molar-refractivity contribution in [1.82, 2.24) is 24.9 Å². The number of aliphatic imine (C=N–C) groups is 1. The molecule has 226 valence electrons. The standard InChI is InChI=1S/C17H13N2O2.2C10H8N2.Ru/c1-21-17(20)13-8-6-12(7-9-13)16(14-4-2-10-18-14)15-5-3-11-19-15;2*1-3-7-11-9(5-1)10-6-2-4-8-12-10;/h2-11H,1H3;2*1-8H;/q-1;;;+2. The molecule has 8 nitrogen and oxygen atoms in total. The Morgan fingerprint density at radius 2 is 1.09 bits per heavy atom. The normalized spacial score (nSPS) is 12.0. The van der Waals surface area contributed by atoms with Crippen LogP contribution in [0, 0.1) is 0 Å². The Hall–Kier alpha value is -5.66. The van der Waals surface area contributed by atoms with E-state index >= 15 is 0 Å². The maximum atomic E-state index is 11.5. The Kier molecular flexibility index (Phi) is 12.7. The first-order valence-corrected chi connectivity index (χ1v) is 14.1. The number of pyridine rings is 4. The first-order chi connectivity index (χ1) is 22.2. The van der Waals surface area contributed by atoms with E-state index in [0.29, 0.717) is 5.56 Å². The number of nitrogens with zero attached hydrogens (tertiary/aromatic N) is 6. The summed E-state index contributed by atoms with van der Waals surface area (Å²) >= 11 is 0. The molecule has 1 aromatic carbocycles. The smallest absolute Gasteiger partial charge is 0.664 e. The van der Waals surface area contributed by atoms with Gasteiger partial charge in [-0.3, -0.25) is 24.9 Å². The quantitative estimate of drug-likeness (QED) is 0.140. The maximum absolute atomic E-state index is 11.5. The Morgan fingerprint density at radius 1 is 0.609 bits per heavy atom. The molecule has 9 heteroatoms. The summed E-state index contributed by atoms with van der Waals surface area (Å²) in [5.41, 5.74) is 7.81. The second-order valence-corrected chi connectivity index (χ2v) is 9.35. The van der Waals surface area contributed by atoms with E-state index in [9.17, 15) is 4.79 Å². The summed E-state index contributed by atoms with van der Waals surface area (Å²) in [5.74, 6) is -0.346. The Labute approximate surface area is 280 Å². The van der Waals surface area contributed by atoms with Crippen LogP contribution in [-0.4, -0.2) is 39.2 Å². The monoisotopic (exact) mass is 691 g/mol. The van der Waals surface area contributed by atoms with Gasteiger partial charge in [0.05, 0.1) is 41.1 Å². The molecule has 7 rings (SSSR count). The van der Waals surface area contributed by atoms with E-state index in [4.69, 9.17) is 4.74 Å². The molecule has 0 fully saturated rings. The van der Waals surface area contributed by atoms with Crippen LogP contribution in [0.3, 0.4) is 0 Å². The second kappa shape index (κ2) is 17.6. The van der Waals surface area contributed by atoms with Crippen LogP contribution in [0.4, 0.5) is 0 Å². The van der Waals surface area contributed by atoms with Crippen LogP contribution in [0.5, 0.6) is 0 Å². The van der Waals surface area contributed by atoms with Gasteiger partial charge in [0.15, 0.2) is 0 Å². The van der Waals surface area contributed by atoms with Gasteiger partial charge in [0, 0.05) is 31.0 Å². The number of hydrogen-bond donors (Lipinski definition) is 0. The van der Waals surface area contributed by atoms with Crippen LogP contribution in [0.2, 0.25) is 0 Å². The fourth-order valence-electron chi connectivity index (χ4n) is 4.27. The van der Waals surface area contributed by atoms with Crippen LogP contribution >= 0.6 is 0 Å². The van der Waals surface area contributed by atoms with Crippen molar-refractivity contribution in [2.75, 3.05) is 7.11 Å². The van der Waals surface area contributed by atoms with E-state index < -0.39 is 0 Å². The van der Waals surface area contributed by atoms with Crippen LogP contribution in [0.15, 0.2) is 163 Å². The number of benzene rings is 1. The molecular formula is C37H29N6O2Ru+. The van der Waals surface area contributed by atoms with Crippen LogP contribution in [-0.2, 0) is 24.2 Å². The molecule has 6 aromatic rings. The molecule has 0 aliphatic carbocycles. The largest absolute Gasteiger partial charge is 2.00 e. The summed E-state index contributed by atoms with van der Waals surface area (Å²) in [6.45, 7) is 0. The average Bonchev–Trinajstić information content (AvgIpc) is 3.87. The maximum Gasteiger partial charge on any atom is 2.00 e. The minimum absolute atomic E-state index is 0. The number of hydrogen-bond acceptors (Lipinski definition) is 7. The summed E-state index contributed by atoms with van der Waals surface area (Å²) in [6, 6.07) is 34.3. The number of aromatic nitrogens is 5. The summed E-state index contributed by atoms with van der Waals surface area (Å²) < 4.78 is 4.71. The van der Waals surface area contributed by atoms with Crippen LogP contribution < -0.4 is 4.98 Å². The number of rotatable bonds is 5. The van der Waals surface area contributed by atoms with Gasteiger partial charge >= 0.3 is 25.4 Å². The SMILES string of the molecule is COC(=O)c1ccc(/C(=C2\C=CC=N2)c2ccc[n-]2)cc1.[Ru+2].c1ccc(-c2ccccn2)nc1.c1ccc(-c2ccccn2)nc1. The van der Waals surface area contributed by atoms with Crippen molar-refractivity contribution in [2.24, 2.45) is 4.99 Å². The Bertz CT molecular complexity index is 1700. The molecule has 0 atom stereocenters. The third-order valence-corrected chi connectivity index (χ3v) is 6.40. The average molecular weight is 691 g/mol. The van der Waals surface area contributed by atoms with Crippen molar-refractivity contribution in [3.8, 4) is 22.8 Å². The van der Waals surface area contributed by atoms with E-state index in [1.54, 1.807) is 49.3 Å². The number of carbonyl (C=O) groups excluding carboxylic acids is 1. The van der Waals surface area contributed by atoms with Gasteiger partial charge in [0.25, 0.3) is 0 Å². The molecular weight excluding hydrogens is 662 g/mol. The van der Waals surface area contributed by atoms with E-state index in [0.717, 1.165) is 45.3 Å². The van der Waals surface area contributed by atoms with Gasteiger partial charge in [0.1, 0.15) is 0 Å². The zero-order valence-corrected chi connectivity index (χ0v) is 26.6. The number of ether oxygens (including phenoxy) is 1. The van der Waals surface area contributed by atoms with Crippen LogP contribution in [0.1, 0.15) is 21.6 Å². The first kappa shape index (κ1) is 33.2. The number of carbonyl (C=O) groups is 1. The van der Waals surface area contributed by atoms with Gasteiger partial charge in [-0.25, -0.2) is 4.79 Å². The number of allylic oxidation sites excluding steroid dienone is 2. The summed E-state index contributed by atoms with van der Waals surface area (Å²) in [5, 5.41) is 0. The summed E-state index contributed by atoms with van der Waals surface area (Å²) in [4.78, 5) is 37.0. The summed E-state index contributed by atoms with van der Waals surface area (Å²) in [7, 11) is 1.37. The molecule has 1 aliphatic rings. The van der Waals surface area contributed by atoms with Gasteiger partial charge in [0.2, 0.25) is 0 Å². The molecule has 0 spiro atoms. The van der Waals surface area contributed by atoms with Crippen molar-refractivity contribution < 1.29 is 29.0 Å². The topological polar surface area (TPSA) is 104 Å². The van der Waals surface area contributed by atoms with Crippen molar-refractivity contribution in [2.45, 2.75) is 0 Å². The predicted octanol–water partition coefficient (Wildman–Crippen LogP) is 7.12. The molecule has 0 amide bonds. The third kappa shape index (κ3) is 9.17. The molecule has 0 N–H and O–H groups in total.